The molecule has 2 amide bonds. The van der Waals surface area contributed by atoms with Gasteiger partial charge in [0.2, 0.25) is 11.0 Å². The molecule has 2 heterocycles. The molecular weight excluding hydrogens is 410 g/mol. The summed E-state index contributed by atoms with van der Waals surface area (Å²) in [4.78, 5) is 29.0. The second-order valence-corrected chi connectivity index (χ2v) is 8.74. The zero-order valence-electron chi connectivity index (χ0n) is 17.7. The van der Waals surface area contributed by atoms with Crippen LogP contribution in [0, 0.1) is 13.8 Å². The fraction of sp³-hybridized carbons (Fsp3) is 0.304. The zero-order chi connectivity index (χ0) is 21.8. The summed E-state index contributed by atoms with van der Waals surface area (Å²) in [5, 5.41) is 12.4. The molecule has 1 aromatic heterocycles. The van der Waals surface area contributed by atoms with E-state index < -0.39 is 0 Å². The first-order valence-electron chi connectivity index (χ1n) is 10.3. The van der Waals surface area contributed by atoms with Gasteiger partial charge in [-0.1, -0.05) is 52.8 Å². The fourth-order valence-electron chi connectivity index (χ4n) is 3.52. The lowest BCUT2D eigenvalue weighted by atomic mass is 10.1. The van der Waals surface area contributed by atoms with Crippen molar-refractivity contribution in [3.8, 4) is 10.6 Å². The number of aromatic nitrogens is 2. The molecule has 1 aliphatic rings. The van der Waals surface area contributed by atoms with Gasteiger partial charge in [-0.2, -0.15) is 0 Å². The van der Waals surface area contributed by atoms with Gasteiger partial charge in [0.1, 0.15) is 5.01 Å². The molecule has 0 bridgehead atoms. The lowest BCUT2D eigenvalue weighted by molar-refractivity contribution is -0.117. The number of hydrogen-bond acceptors (Lipinski definition) is 6. The van der Waals surface area contributed by atoms with E-state index in [-0.39, 0.29) is 18.4 Å². The first kappa shape index (κ1) is 21.1. The van der Waals surface area contributed by atoms with Crippen molar-refractivity contribution in [2.45, 2.75) is 13.8 Å². The van der Waals surface area contributed by atoms with Gasteiger partial charge in [-0.3, -0.25) is 19.8 Å². The van der Waals surface area contributed by atoms with Gasteiger partial charge in [0, 0.05) is 37.3 Å². The van der Waals surface area contributed by atoms with Crippen LogP contribution < -0.4 is 5.32 Å². The van der Waals surface area contributed by atoms with Gasteiger partial charge in [-0.25, -0.2) is 0 Å². The van der Waals surface area contributed by atoms with E-state index in [2.05, 4.69) is 20.4 Å². The second-order valence-electron chi connectivity index (χ2n) is 7.76. The Kier molecular flexibility index (Phi) is 6.39. The van der Waals surface area contributed by atoms with Crippen LogP contribution in [-0.2, 0) is 4.79 Å². The van der Waals surface area contributed by atoms with E-state index in [1.807, 2.05) is 67.3 Å². The first-order valence-corrected chi connectivity index (χ1v) is 11.1. The number of rotatable bonds is 5. The van der Waals surface area contributed by atoms with E-state index in [1.165, 1.54) is 11.3 Å². The summed E-state index contributed by atoms with van der Waals surface area (Å²) >= 11 is 1.36. The Hall–Kier alpha value is -3.10. The molecule has 160 valence electrons. The van der Waals surface area contributed by atoms with Crippen molar-refractivity contribution in [2.24, 2.45) is 0 Å². The molecule has 0 aliphatic carbocycles. The molecule has 1 N–H and O–H groups in total. The maximum absolute atomic E-state index is 12.6. The van der Waals surface area contributed by atoms with Gasteiger partial charge >= 0.3 is 0 Å². The second kappa shape index (κ2) is 9.36. The third-order valence-electron chi connectivity index (χ3n) is 5.26. The average Bonchev–Trinajstić information content (AvgIpc) is 3.23. The summed E-state index contributed by atoms with van der Waals surface area (Å²) in [6.45, 7) is 6.84. The third kappa shape index (κ3) is 5.34. The summed E-state index contributed by atoms with van der Waals surface area (Å²) < 4.78 is 0. The predicted molar refractivity (Wildman–Crippen MR) is 122 cm³/mol. The molecule has 0 atom stereocenters. The van der Waals surface area contributed by atoms with Crippen molar-refractivity contribution in [1.82, 2.24) is 20.0 Å². The largest absolute Gasteiger partial charge is 0.336 e. The van der Waals surface area contributed by atoms with Crippen molar-refractivity contribution < 1.29 is 9.59 Å². The normalized spacial score (nSPS) is 14.5. The summed E-state index contributed by atoms with van der Waals surface area (Å²) in [5.41, 5.74) is 3.98. The number of piperazine rings is 1. The number of hydrogen-bond donors (Lipinski definition) is 1. The quantitative estimate of drug-likeness (QED) is 0.666. The highest BCUT2D eigenvalue weighted by Gasteiger charge is 2.23. The van der Waals surface area contributed by atoms with Gasteiger partial charge in [0.05, 0.1) is 6.54 Å². The zero-order valence-corrected chi connectivity index (χ0v) is 18.5. The fourth-order valence-corrected chi connectivity index (χ4v) is 4.27. The Bertz CT molecular complexity index is 1070. The van der Waals surface area contributed by atoms with Gasteiger partial charge in [-0.15, -0.1) is 10.2 Å². The summed E-state index contributed by atoms with van der Waals surface area (Å²) in [6, 6.07) is 15.7. The van der Waals surface area contributed by atoms with Crippen molar-refractivity contribution in [1.29, 1.82) is 0 Å². The number of anilines is 1. The van der Waals surface area contributed by atoms with E-state index >= 15 is 0 Å². The lowest BCUT2D eigenvalue weighted by Crippen LogP contribution is -2.50. The lowest BCUT2D eigenvalue weighted by Gasteiger charge is -2.34. The van der Waals surface area contributed by atoms with Gasteiger partial charge < -0.3 is 4.90 Å². The first-order chi connectivity index (χ1) is 15.0. The van der Waals surface area contributed by atoms with Crippen molar-refractivity contribution >= 4 is 28.3 Å². The Balaban J connectivity index is 1.27. The molecule has 0 saturated carbocycles. The van der Waals surface area contributed by atoms with Crippen LogP contribution in [0.4, 0.5) is 5.13 Å². The predicted octanol–water partition coefficient (Wildman–Crippen LogP) is 3.22. The van der Waals surface area contributed by atoms with E-state index in [1.54, 1.807) is 0 Å². The van der Waals surface area contributed by atoms with Crippen LogP contribution in [0.15, 0.2) is 48.5 Å². The summed E-state index contributed by atoms with van der Waals surface area (Å²) in [5.74, 6) is -0.0770. The molecule has 1 saturated heterocycles. The molecule has 1 fully saturated rings. The van der Waals surface area contributed by atoms with Crippen LogP contribution in [0.2, 0.25) is 0 Å². The topological polar surface area (TPSA) is 78.4 Å². The van der Waals surface area contributed by atoms with Crippen LogP contribution in [0.5, 0.6) is 0 Å². The van der Waals surface area contributed by atoms with Gasteiger partial charge in [0.15, 0.2) is 0 Å². The van der Waals surface area contributed by atoms with E-state index in [0.29, 0.717) is 36.9 Å². The van der Waals surface area contributed by atoms with Crippen molar-refractivity contribution in [3.05, 3.63) is 65.2 Å². The molecular formula is C23H25N5O2S. The van der Waals surface area contributed by atoms with E-state index in [0.717, 1.165) is 21.7 Å². The third-order valence-corrected chi connectivity index (χ3v) is 6.15. The van der Waals surface area contributed by atoms with Crippen molar-refractivity contribution in [2.75, 3.05) is 38.0 Å². The van der Waals surface area contributed by atoms with E-state index in [4.69, 9.17) is 0 Å². The minimum absolute atomic E-state index is 0.0432. The molecule has 0 radical (unpaired) electrons. The maximum atomic E-state index is 12.6. The number of carbonyl (C=O) groups is 2. The van der Waals surface area contributed by atoms with Gasteiger partial charge in [-0.05, 0) is 32.0 Å². The average molecular weight is 436 g/mol. The minimum atomic E-state index is -0.120. The Morgan fingerprint density at radius 3 is 2.42 bits per heavy atom. The number of benzene rings is 2. The standard InChI is InChI=1S/C23H25N5O2S/c1-16-6-8-18(9-7-16)22(30)28-12-10-27(11-13-28)15-20(29)24-23-26-25-21(31-23)19-5-3-4-17(2)14-19/h3-9,14H,10-13,15H2,1-2H3,(H,24,26,29). The van der Waals surface area contributed by atoms with Crippen LogP contribution in [0.3, 0.4) is 0 Å². The number of nitrogens with zero attached hydrogens (tertiary/aromatic N) is 4. The maximum Gasteiger partial charge on any atom is 0.253 e. The van der Waals surface area contributed by atoms with Crippen LogP contribution >= 0.6 is 11.3 Å². The summed E-state index contributed by atoms with van der Waals surface area (Å²) in [6.07, 6.45) is 0. The number of carbonyl (C=O) groups excluding carboxylic acids is 2. The smallest absolute Gasteiger partial charge is 0.253 e. The molecule has 3 aromatic rings. The molecule has 2 aromatic carbocycles. The highest BCUT2D eigenvalue weighted by Crippen LogP contribution is 2.26. The number of nitrogens with one attached hydrogen (secondary N) is 1. The highest BCUT2D eigenvalue weighted by molar-refractivity contribution is 7.18. The number of aryl methyl sites for hydroxylation is 2. The monoisotopic (exact) mass is 435 g/mol. The Labute approximate surface area is 185 Å². The Morgan fingerprint density at radius 2 is 1.71 bits per heavy atom. The Morgan fingerprint density at radius 1 is 0.968 bits per heavy atom. The molecule has 7 nitrogen and oxygen atoms in total. The van der Waals surface area contributed by atoms with Crippen LogP contribution in [-0.4, -0.2) is 64.5 Å². The molecule has 0 spiro atoms. The van der Waals surface area contributed by atoms with Gasteiger partial charge in [0.25, 0.3) is 5.91 Å². The molecule has 4 rings (SSSR count). The molecule has 8 heteroatoms. The van der Waals surface area contributed by atoms with Crippen molar-refractivity contribution in [3.63, 3.8) is 0 Å². The van der Waals surface area contributed by atoms with E-state index in [9.17, 15) is 9.59 Å². The number of amides is 2. The molecule has 0 unspecified atom stereocenters. The minimum Gasteiger partial charge on any atom is -0.336 e. The summed E-state index contributed by atoms with van der Waals surface area (Å²) in [7, 11) is 0. The molecule has 31 heavy (non-hydrogen) atoms. The van der Waals surface area contributed by atoms with Crippen LogP contribution in [0.25, 0.3) is 10.6 Å². The highest BCUT2D eigenvalue weighted by atomic mass is 32.1. The molecule has 1 aliphatic heterocycles. The van der Waals surface area contributed by atoms with Crippen LogP contribution in [0.1, 0.15) is 21.5 Å². The SMILES string of the molecule is Cc1ccc(C(=O)N2CCN(CC(=O)Nc3nnc(-c4cccc(C)c4)s3)CC2)cc1.